The quantitative estimate of drug-likeness (QED) is 0.115. The van der Waals surface area contributed by atoms with Crippen LogP contribution in [0.3, 0.4) is 0 Å². The molecule has 1 saturated heterocycles. The second-order valence-corrected chi connectivity index (χ2v) is 12.3. The number of para-hydroxylation sites is 1. The van der Waals surface area contributed by atoms with Gasteiger partial charge in [-0.2, -0.15) is 8.62 Å². The molecule has 1 aromatic rings. The van der Waals surface area contributed by atoms with Gasteiger partial charge >= 0.3 is 23.5 Å². The number of aliphatic hydroxyl groups is 1. The van der Waals surface area contributed by atoms with Crippen LogP contribution >= 0.6 is 23.5 Å². The number of ether oxygens (including phenoxy) is 1. The number of aliphatic imine (C=N–C) groups is 1. The van der Waals surface area contributed by atoms with Crippen molar-refractivity contribution in [2.24, 2.45) is 10.9 Å². The second kappa shape index (κ2) is 11.9. The summed E-state index contributed by atoms with van der Waals surface area (Å²) >= 11 is 0. The zero-order valence-corrected chi connectivity index (χ0v) is 21.6. The van der Waals surface area contributed by atoms with E-state index in [0.717, 1.165) is 0 Å². The summed E-state index contributed by atoms with van der Waals surface area (Å²) < 4.78 is 51.1. The molecule has 0 spiro atoms. The fourth-order valence-corrected chi connectivity index (χ4v) is 6.55. The van der Waals surface area contributed by atoms with E-state index in [1.165, 1.54) is 30.4 Å². The van der Waals surface area contributed by atoms with Crippen LogP contribution < -0.4 is 5.32 Å². The maximum atomic E-state index is 12.6. The zero-order chi connectivity index (χ0) is 28.3. The van der Waals surface area contributed by atoms with Crippen LogP contribution in [0.1, 0.15) is 12.0 Å². The van der Waals surface area contributed by atoms with E-state index < -0.39 is 65.1 Å². The highest BCUT2D eigenvalue weighted by molar-refractivity contribution is 7.66. The molecule has 2 heterocycles. The lowest BCUT2D eigenvalue weighted by molar-refractivity contribution is -0.385. The van der Waals surface area contributed by atoms with Gasteiger partial charge in [0.15, 0.2) is 0 Å². The summed E-state index contributed by atoms with van der Waals surface area (Å²) in [6.07, 6.45) is -0.764. The zero-order valence-electron chi connectivity index (χ0n) is 18.9. The van der Waals surface area contributed by atoms with Gasteiger partial charge in [0, 0.05) is 12.5 Å². The molecule has 1 amide bonds. The number of aliphatic hydroxyl groups excluding tert-OH is 1. The van der Waals surface area contributed by atoms with Gasteiger partial charge in [0.2, 0.25) is 5.91 Å². The van der Waals surface area contributed by atoms with Gasteiger partial charge in [-0.1, -0.05) is 24.3 Å². The monoisotopic (exact) mass is 601 g/mol. The Balaban J connectivity index is 1.58. The number of phosphoric ester groups is 1. The lowest BCUT2D eigenvalue weighted by Gasteiger charge is -2.23. The van der Waals surface area contributed by atoms with Gasteiger partial charge in [-0.05, 0) is 6.08 Å². The third kappa shape index (κ3) is 8.68. The van der Waals surface area contributed by atoms with Crippen molar-refractivity contribution in [3.8, 4) is 0 Å². The Morgan fingerprint density at radius 2 is 1.82 bits per heavy atom. The molecule has 0 aliphatic carbocycles. The number of benzene rings is 1. The topological polar surface area (TPSA) is 274 Å². The molecule has 3 rings (SSSR count). The fourth-order valence-electron chi connectivity index (χ4n) is 3.52. The summed E-state index contributed by atoms with van der Waals surface area (Å²) in [7, 11) is -16.7. The molecule has 0 saturated carbocycles. The Labute approximate surface area is 213 Å². The van der Waals surface area contributed by atoms with Crippen molar-refractivity contribution in [2.75, 3.05) is 6.61 Å². The fraction of sp³-hybridized carbons (Fsp3) is 0.412. The number of nitro benzene ring substituents is 1. The maximum Gasteiger partial charge on any atom is 0.490 e. The van der Waals surface area contributed by atoms with Crippen LogP contribution in [-0.2, 0) is 42.9 Å². The van der Waals surface area contributed by atoms with Crippen LogP contribution in [0.4, 0.5) is 5.69 Å². The van der Waals surface area contributed by atoms with Gasteiger partial charge in [-0.3, -0.25) is 24.4 Å². The third-order valence-electron chi connectivity index (χ3n) is 5.09. The molecule has 6 atom stereocenters. The highest BCUT2D eigenvalue weighted by Crippen LogP contribution is 2.66. The summed E-state index contributed by atoms with van der Waals surface area (Å²) in [4.78, 5) is 63.1. The molecule has 38 heavy (non-hydrogen) atoms. The van der Waals surface area contributed by atoms with Crippen molar-refractivity contribution in [3.05, 3.63) is 52.1 Å². The Hall–Kier alpha value is -2.17. The highest BCUT2D eigenvalue weighted by atomic mass is 31.3. The van der Waals surface area contributed by atoms with Crippen molar-refractivity contribution in [3.63, 3.8) is 0 Å². The Kier molecular flexibility index (Phi) is 9.53. The first kappa shape index (κ1) is 30.4. The highest BCUT2D eigenvalue weighted by Gasteiger charge is 2.44. The predicted octanol–water partition coefficient (Wildman–Crippen LogP) is 0.657. The maximum absolute atomic E-state index is 12.6. The van der Waals surface area contributed by atoms with Gasteiger partial charge in [0.05, 0.1) is 41.8 Å². The molecule has 6 N–H and O–H groups in total. The average molecular weight is 601 g/mol. The van der Waals surface area contributed by atoms with Gasteiger partial charge in [-0.15, -0.1) is 0 Å². The number of nitro groups is 1. The predicted molar refractivity (Wildman–Crippen MR) is 124 cm³/mol. The molecule has 4 unspecified atom stereocenters. The number of hydrogen-bond acceptors (Lipinski definition) is 12. The van der Waals surface area contributed by atoms with E-state index in [2.05, 4.69) is 23.5 Å². The molecular weight excluding hydrogens is 579 g/mol. The molecule has 18 nitrogen and oxygen atoms in total. The largest absolute Gasteiger partial charge is 0.490 e. The minimum atomic E-state index is -5.70. The first-order valence-electron chi connectivity index (χ1n) is 10.4. The van der Waals surface area contributed by atoms with Crippen molar-refractivity contribution < 1.29 is 66.0 Å². The summed E-state index contributed by atoms with van der Waals surface area (Å²) in [5, 5.41) is 23.8. The number of nitrogens with zero attached hydrogens (tertiary/aromatic N) is 2. The number of amides is 1. The van der Waals surface area contributed by atoms with Crippen LogP contribution in [0.2, 0.25) is 0 Å². The first-order valence-corrected chi connectivity index (χ1v) is 14.9. The van der Waals surface area contributed by atoms with E-state index in [1.807, 2.05) is 0 Å². The molecule has 2 aliphatic heterocycles. The van der Waals surface area contributed by atoms with E-state index in [9.17, 15) is 38.6 Å². The van der Waals surface area contributed by atoms with Gasteiger partial charge < -0.3 is 34.7 Å². The summed E-state index contributed by atoms with van der Waals surface area (Å²) in [6, 6.07) is 5.96. The smallest absolute Gasteiger partial charge is 0.390 e. The molecule has 0 bridgehead atoms. The van der Waals surface area contributed by atoms with Crippen LogP contribution in [-0.4, -0.2) is 66.3 Å². The number of carbonyl (C=O) groups is 1. The standard InChI is InChI=1S/C17H22N3O15P3/c21-13-7-14(33-15(13)9-32-37(28,29)35-38(30,31)34-36(25,26)27)11-5-6-16(19-17(11)22)18-8-10-3-1-2-4-12(10)20(23)24/h1-6,11,13-15,21H,7-9H2,(H,28,29)(H,30,31)(H,18,19,22)(H2,25,26,27)/t11?,13?,14-,15-/m1/s1. The van der Waals surface area contributed by atoms with Crippen LogP contribution in [0, 0.1) is 16.0 Å². The molecule has 1 fully saturated rings. The van der Waals surface area contributed by atoms with Crippen molar-refractivity contribution in [2.45, 2.75) is 31.3 Å². The van der Waals surface area contributed by atoms with Gasteiger partial charge in [0.25, 0.3) is 5.69 Å². The average Bonchev–Trinajstić information content (AvgIpc) is 3.14. The van der Waals surface area contributed by atoms with Gasteiger partial charge in [0.1, 0.15) is 11.9 Å². The van der Waals surface area contributed by atoms with Crippen molar-refractivity contribution in [1.29, 1.82) is 0 Å². The number of amidine groups is 1. The molecule has 21 heteroatoms. The van der Waals surface area contributed by atoms with E-state index in [4.69, 9.17) is 19.4 Å². The molecule has 0 radical (unpaired) electrons. The van der Waals surface area contributed by atoms with Crippen molar-refractivity contribution >= 4 is 40.9 Å². The SMILES string of the molecule is O=C1NC(=NCc2ccccc2[N+](=O)[O-])C=CC1[C@H]1CC(O)[C@@H](COP(=O)(O)OP(=O)(O)OP(=O)(O)O)O1. The summed E-state index contributed by atoms with van der Waals surface area (Å²) in [5.74, 6) is -1.36. The third-order valence-corrected chi connectivity index (χ3v) is 8.90. The molecule has 210 valence electrons. The van der Waals surface area contributed by atoms with Crippen LogP contribution in [0.25, 0.3) is 0 Å². The van der Waals surface area contributed by atoms with Gasteiger partial charge in [-0.25, -0.2) is 13.7 Å². The normalized spacial score (nSPS) is 28.0. The minimum Gasteiger partial charge on any atom is -0.390 e. The Morgan fingerprint density at radius 1 is 1.13 bits per heavy atom. The summed E-state index contributed by atoms with van der Waals surface area (Å²) in [6.45, 7) is -0.953. The number of phosphoric acid groups is 3. The lowest BCUT2D eigenvalue weighted by Crippen LogP contribution is -2.42. The van der Waals surface area contributed by atoms with E-state index in [-0.39, 0.29) is 24.5 Å². The molecule has 0 aromatic heterocycles. The number of carbonyl (C=O) groups excluding carboxylic acids is 1. The summed E-state index contributed by atoms with van der Waals surface area (Å²) in [5.41, 5.74) is 0.201. The van der Waals surface area contributed by atoms with E-state index >= 15 is 0 Å². The Morgan fingerprint density at radius 3 is 2.45 bits per heavy atom. The Bertz CT molecular complexity index is 1280. The lowest BCUT2D eigenvalue weighted by atomic mass is 9.95. The van der Waals surface area contributed by atoms with Crippen LogP contribution in [0.5, 0.6) is 0 Å². The number of hydrogen-bond donors (Lipinski definition) is 6. The second-order valence-electron chi connectivity index (χ2n) is 7.86. The van der Waals surface area contributed by atoms with Crippen molar-refractivity contribution in [1.82, 2.24) is 5.32 Å². The molecule has 1 aromatic carbocycles. The molecular formula is C17H22N3O15P3. The minimum absolute atomic E-state index is 0.0803. The number of nitrogens with one attached hydrogen (secondary N) is 1. The first-order chi connectivity index (χ1) is 17.6. The van der Waals surface area contributed by atoms with E-state index in [0.29, 0.717) is 5.56 Å². The van der Waals surface area contributed by atoms with Crippen LogP contribution in [0.15, 0.2) is 41.4 Å². The molecule has 2 aliphatic rings. The van der Waals surface area contributed by atoms with E-state index in [1.54, 1.807) is 6.07 Å². The number of rotatable bonds is 11.